The van der Waals surface area contributed by atoms with E-state index in [0.29, 0.717) is 31.4 Å². The van der Waals surface area contributed by atoms with Gasteiger partial charge in [0.05, 0.1) is 6.42 Å². The SMILES string of the molecule is CC.Cc1ccc(N(CCCl)CCCl)c(C)c1C(CN)CC(=O)O. The van der Waals surface area contributed by atoms with Gasteiger partial charge in [0.25, 0.3) is 0 Å². The predicted molar refractivity (Wildman–Crippen MR) is 105 cm³/mol. The Morgan fingerprint density at radius 2 is 1.75 bits per heavy atom. The summed E-state index contributed by atoms with van der Waals surface area (Å²) in [4.78, 5) is 13.2. The van der Waals surface area contributed by atoms with Crippen molar-refractivity contribution in [1.29, 1.82) is 0 Å². The molecule has 0 aromatic heterocycles. The van der Waals surface area contributed by atoms with Crippen molar-refractivity contribution in [3.05, 3.63) is 28.8 Å². The van der Waals surface area contributed by atoms with Gasteiger partial charge in [0, 0.05) is 36.5 Å². The fourth-order valence-corrected chi connectivity index (χ4v) is 3.30. The Morgan fingerprint density at radius 1 is 1.21 bits per heavy atom. The van der Waals surface area contributed by atoms with Crippen molar-refractivity contribution in [1.82, 2.24) is 0 Å². The number of aliphatic carboxylic acids is 1. The number of rotatable bonds is 9. The number of benzene rings is 1. The number of anilines is 1. The molecule has 0 spiro atoms. The second-order valence-electron chi connectivity index (χ2n) is 5.34. The average molecular weight is 377 g/mol. The van der Waals surface area contributed by atoms with Crippen LogP contribution in [0.3, 0.4) is 0 Å². The molecule has 1 atom stereocenters. The van der Waals surface area contributed by atoms with E-state index in [1.165, 1.54) is 0 Å². The summed E-state index contributed by atoms with van der Waals surface area (Å²) in [6.07, 6.45) is 0.0344. The second-order valence-corrected chi connectivity index (χ2v) is 6.09. The van der Waals surface area contributed by atoms with Crippen molar-refractivity contribution >= 4 is 34.9 Å². The molecule has 1 aromatic rings. The lowest BCUT2D eigenvalue weighted by atomic mass is 9.87. The molecular formula is C18H30Cl2N2O2. The molecule has 0 amide bonds. The third kappa shape index (κ3) is 6.50. The summed E-state index contributed by atoms with van der Waals surface area (Å²) in [5.41, 5.74) is 10.0. The highest BCUT2D eigenvalue weighted by Gasteiger charge is 2.21. The topological polar surface area (TPSA) is 66.6 Å². The van der Waals surface area contributed by atoms with Gasteiger partial charge in [-0.25, -0.2) is 0 Å². The maximum absolute atomic E-state index is 11.1. The van der Waals surface area contributed by atoms with Crippen LogP contribution >= 0.6 is 23.2 Å². The Kier molecular flexibility index (Phi) is 11.9. The van der Waals surface area contributed by atoms with E-state index in [1.807, 2.05) is 39.8 Å². The number of aryl methyl sites for hydroxylation is 1. The van der Waals surface area contributed by atoms with Gasteiger partial charge >= 0.3 is 5.97 Å². The number of carbonyl (C=O) groups is 1. The lowest BCUT2D eigenvalue weighted by Gasteiger charge is -2.28. The lowest BCUT2D eigenvalue weighted by molar-refractivity contribution is -0.137. The van der Waals surface area contributed by atoms with E-state index in [4.69, 9.17) is 34.0 Å². The van der Waals surface area contributed by atoms with Crippen LogP contribution in [0.25, 0.3) is 0 Å². The Labute approximate surface area is 155 Å². The number of nitrogens with two attached hydrogens (primary N) is 1. The van der Waals surface area contributed by atoms with Gasteiger partial charge in [-0.15, -0.1) is 23.2 Å². The third-order valence-corrected chi connectivity index (χ3v) is 4.21. The summed E-state index contributed by atoms with van der Waals surface area (Å²) in [7, 11) is 0. The van der Waals surface area contributed by atoms with Gasteiger partial charge in [-0.1, -0.05) is 19.9 Å². The summed E-state index contributed by atoms with van der Waals surface area (Å²) in [6.45, 7) is 9.71. The van der Waals surface area contributed by atoms with E-state index in [9.17, 15) is 4.79 Å². The molecule has 24 heavy (non-hydrogen) atoms. The van der Waals surface area contributed by atoms with Gasteiger partial charge < -0.3 is 15.7 Å². The molecule has 4 nitrogen and oxygen atoms in total. The number of hydrogen-bond donors (Lipinski definition) is 2. The minimum absolute atomic E-state index is 0.0344. The first-order chi connectivity index (χ1) is 11.5. The quantitative estimate of drug-likeness (QED) is 0.635. The largest absolute Gasteiger partial charge is 0.481 e. The minimum Gasteiger partial charge on any atom is -0.481 e. The summed E-state index contributed by atoms with van der Waals surface area (Å²) in [6, 6.07) is 4.05. The highest BCUT2D eigenvalue weighted by atomic mass is 35.5. The van der Waals surface area contributed by atoms with E-state index in [2.05, 4.69) is 4.90 Å². The molecule has 3 N–H and O–H groups in total. The van der Waals surface area contributed by atoms with Crippen molar-refractivity contribution < 1.29 is 9.90 Å². The zero-order valence-corrected chi connectivity index (χ0v) is 16.6. The fraction of sp³-hybridized carbons (Fsp3) is 0.611. The number of carboxylic acids is 1. The van der Waals surface area contributed by atoms with Crippen LogP contribution < -0.4 is 10.6 Å². The molecule has 138 valence electrons. The molecule has 0 aliphatic carbocycles. The maximum Gasteiger partial charge on any atom is 0.304 e. The number of alkyl halides is 2. The van der Waals surface area contributed by atoms with Crippen molar-refractivity contribution in [2.75, 3.05) is 36.3 Å². The summed E-state index contributed by atoms with van der Waals surface area (Å²) in [5.74, 6) is -0.00595. The van der Waals surface area contributed by atoms with Crippen molar-refractivity contribution in [3.63, 3.8) is 0 Å². The van der Waals surface area contributed by atoms with E-state index in [-0.39, 0.29) is 12.3 Å². The Morgan fingerprint density at radius 3 is 2.17 bits per heavy atom. The van der Waals surface area contributed by atoms with Crippen molar-refractivity contribution in [2.24, 2.45) is 5.73 Å². The second kappa shape index (κ2) is 12.4. The summed E-state index contributed by atoms with van der Waals surface area (Å²) >= 11 is 11.8. The lowest BCUT2D eigenvalue weighted by Crippen LogP contribution is -2.29. The Bertz CT molecular complexity index is 504. The van der Waals surface area contributed by atoms with E-state index >= 15 is 0 Å². The normalized spacial score (nSPS) is 11.5. The standard InChI is InChI=1S/C16H24Cl2N2O2.C2H6/c1-11-3-4-14(20(7-5-17)8-6-18)12(2)16(11)13(10-19)9-15(21)22;1-2/h3-4,13H,5-10,19H2,1-2H3,(H,21,22);1-2H3. The van der Waals surface area contributed by atoms with Gasteiger partial charge in [-0.3, -0.25) is 4.79 Å². The Balaban J connectivity index is 0.00000254. The summed E-state index contributed by atoms with van der Waals surface area (Å²) < 4.78 is 0. The van der Waals surface area contributed by atoms with Crippen LogP contribution in [0, 0.1) is 13.8 Å². The van der Waals surface area contributed by atoms with Gasteiger partial charge in [0.2, 0.25) is 0 Å². The molecule has 0 saturated carbocycles. The molecular weight excluding hydrogens is 347 g/mol. The Hall–Kier alpha value is -0.970. The molecule has 0 heterocycles. The van der Waals surface area contributed by atoms with E-state index < -0.39 is 5.97 Å². The van der Waals surface area contributed by atoms with Crippen LogP contribution in [0.5, 0.6) is 0 Å². The highest BCUT2D eigenvalue weighted by Crippen LogP contribution is 2.32. The van der Waals surface area contributed by atoms with Crippen LogP contribution in [-0.4, -0.2) is 42.5 Å². The van der Waals surface area contributed by atoms with Crippen molar-refractivity contribution in [2.45, 2.75) is 40.0 Å². The highest BCUT2D eigenvalue weighted by molar-refractivity contribution is 6.18. The summed E-state index contributed by atoms with van der Waals surface area (Å²) in [5, 5.41) is 9.10. The average Bonchev–Trinajstić information content (AvgIpc) is 2.55. The molecule has 0 bridgehead atoms. The van der Waals surface area contributed by atoms with Crippen LogP contribution in [0.4, 0.5) is 5.69 Å². The number of carboxylic acid groups (broad SMARTS) is 1. The van der Waals surface area contributed by atoms with E-state index in [1.54, 1.807) is 0 Å². The first kappa shape index (κ1) is 23.0. The first-order valence-electron chi connectivity index (χ1n) is 8.35. The van der Waals surface area contributed by atoms with Crippen LogP contribution in [0.2, 0.25) is 0 Å². The number of nitrogens with zero attached hydrogens (tertiary/aromatic N) is 1. The number of hydrogen-bond acceptors (Lipinski definition) is 3. The van der Waals surface area contributed by atoms with Gasteiger partial charge in [-0.2, -0.15) is 0 Å². The molecule has 0 radical (unpaired) electrons. The molecule has 1 unspecified atom stereocenters. The number of halogens is 2. The maximum atomic E-state index is 11.1. The van der Waals surface area contributed by atoms with Crippen LogP contribution in [-0.2, 0) is 4.79 Å². The smallest absolute Gasteiger partial charge is 0.304 e. The fourth-order valence-electron chi connectivity index (χ4n) is 2.89. The van der Waals surface area contributed by atoms with Crippen LogP contribution in [0.1, 0.15) is 42.9 Å². The predicted octanol–water partition coefficient (Wildman–Crippen LogP) is 4.13. The molecule has 0 fully saturated rings. The molecule has 1 aromatic carbocycles. The first-order valence-corrected chi connectivity index (χ1v) is 9.42. The zero-order chi connectivity index (χ0) is 18.7. The van der Waals surface area contributed by atoms with Crippen LogP contribution in [0.15, 0.2) is 12.1 Å². The zero-order valence-electron chi connectivity index (χ0n) is 15.1. The monoisotopic (exact) mass is 376 g/mol. The molecule has 0 saturated heterocycles. The molecule has 0 aliphatic heterocycles. The molecule has 1 rings (SSSR count). The molecule has 0 aliphatic rings. The van der Waals surface area contributed by atoms with E-state index in [0.717, 1.165) is 22.4 Å². The van der Waals surface area contributed by atoms with Gasteiger partial charge in [0.1, 0.15) is 0 Å². The molecule has 6 heteroatoms. The minimum atomic E-state index is -0.835. The third-order valence-electron chi connectivity index (χ3n) is 3.87. The van der Waals surface area contributed by atoms with Gasteiger partial charge in [0.15, 0.2) is 0 Å². The van der Waals surface area contributed by atoms with Crippen molar-refractivity contribution in [3.8, 4) is 0 Å². The van der Waals surface area contributed by atoms with Gasteiger partial charge in [-0.05, 0) is 43.1 Å².